The average molecular weight is 342 g/mol. The summed E-state index contributed by atoms with van der Waals surface area (Å²) in [6.45, 7) is 3.94. The van der Waals surface area contributed by atoms with E-state index in [1.165, 1.54) is 17.7 Å². The Balaban J connectivity index is 1.44. The Labute approximate surface area is 145 Å². The summed E-state index contributed by atoms with van der Waals surface area (Å²) in [5.41, 5.74) is 3.20. The van der Waals surface area contributed by atoms with Crippen LogP contribution in [0.25, 0.3) is 0 Å². The minimum Gasteiger partial charge on any atom is -0.487 e. The van der Waals surface area contributed by atoms with Crippen LogP contribution >= 0.6 is 11.3 Å². The van der Waals surface area contributed by atoms with E-state index < -0.39 is 0 Å². The van der Waals surface area contributed by atoms with Crippen LogP contribution in [0.5, 0.6) is 5.75 Å². The minimum absolute atomic E-state index is 0.206. The molecule has 0 saturated heterocycles. The zero-order valence-electron chi connectivity index (χ0n) is 13.5. The number of halogens is 1. The molecule has 3 nitrogen and oxygen atoms in total. The first kappa shape index (κ1) is 16.6. The molecule has 3 aromatic rings. The molecule has 3 rings (SSSR count). The zero-order chi connectivity index (χ0) is 16.8. The van der Waals surface area contributed by atoms with Crippen molar-refractivity contribution in [2.24, 2.45) is 0 Å². The molecule has 0 bridgehead atoms. The van der Waals surface area contributed by atoms with Crippen molar-refractivity contribution in [1.29, 1.82) is 0 Å². The van der Waals surface area contributed by atoms with E-state index in [1.54, 1.807) is 23.5 Å². The summed E-state index contributed by atoms with van der Waals surface area (Å²) in [6, 6.07) is 14.6. The highest BCUT2D eigenvalue weighted by Crippen LogP contribution is 2.15. The molecule has 1 aromatic heterocycles. The van der Waals surface area contributed by atoms with Gasteiger partial charge in [-0.05, 0) is 42.3 Å². The van der Waals surface area contributed by atoms with Crippen molar-refractivity contribution < 1.29 is 9.13 Å². The van der Waals surface area contributed by atoms with Crippen LogP contribution < -0.4 is 10.1 Å². The number of nitrogens with zero attached hydrogens (tertiary/aromatic N) is 1. The summed E-state index contributed by atoms with van der Waals surface area (Å²) in [7, 11) is 0. The van der Waals surface area contributed by atoms with Crippen molar-refractivity contribution in [2.45, 2.75) is 26.6 Å². The number of rotatable bonds is 7. The van der Waals surface area contributed by atoms with Gasteiger partial charge >= 0.3 is 0 Å². The number of nitrogens with one attached hydrogen (secondary N) is 1. The van der Waals surface area contributed by atoms with E-state index in [0.29, 0.717) is 13.2 Å². The maximum absolute atomic E-state index is 12.8. The molecule has 0 aliphatic heterocycles. The summed E-state index contributed by atoms with van der Waals surface area (Å²) in [6.07, 6.45) is 0. The third-order valence-corrected chi connectivity index (χ3v) is 4.37. The second-order valence-electron chi connectivity index (χ2n) is 5.52. The maximum atomic E-state index is 12.8. The van der Waals surface area contributed by atoms with Crippen LogP contribution in [0, 0.1) is 12.7 Å². The van der Waals surface area contributed by atoms with E-state index >= 15 is 0 Å². The van der Waals surface area contributed by atoms with Gasteiger partial charge in [0, 0.05) is 18.5 Å². The maximum Gasteiger partial charge on any atom is 0.131 e. The highest BCUT2D eigenvalue weighted by atomic mass is 32.1. The molecule has 0 fully saturated rings. The van der Waals surface area contributed by atoms with Crippen LogP contribution in [0.2, 0.25) is 0 Å². The largest absolute Gasteiger partial charge is 0.487 e. The molecule has 0 aliphatic rings. The Morgan fingerprint density at radius 2 is 1.62 bits per heavy atom. The Morgan fingerprint density at radius 3 is 2.21 bits per heavy atom. The molecule has 1 heterocycles. The van der Waals surface area contributed by atoms with Crippen molar-refractivity contribution in [2.75, 3.05) is 0 Å². The number of hydrogen-bond donors (Lipinski definition) is 1. The molecule has 0 saturated carbocycles. The van der Waals surface area contributed by atoms with Crippen molar-refractivity contribution in [1.82, 2.24) is 10.3 Å². The van der Waals surface area contributed by atoms with Gasteiger partial charge < -0.3 is 10.1 Å². The fraction of sp³-hybridized carbons (Fsp3) is 0.211. The Hall–Kier alpha value is -2.24. The van der Waals surface area contributed by atoms with Crippen molar-refractivity contribution in [3.63, 3.8) is 0 Å². The van der Waals surface area contributed by atoms with Crippen LogP contribution in [0.15, 0.2) is 53.9 Å². The number of aryl methyl sites for hydroxylation is 1. The van der Waals surface area contributed by atoms with Crippen molar-refractivity contribution in [3.8, 4) is 5.75 Å². The topological polar surface area (TPSA) is 34.1 Å². The number of aromatic nitrogens is 1. The normalized spacial score (nSPS) is 10.8. The second-order valence-corrected chi connectivity index (χ2v) is 6.58. The van der Waals surface area contributed by atoms with Gasteiger partial charge in [-0.25, -0.2) is 9.37 Å². The molecule has 5 heteroatoms. The fourth-order valence-corrected chi connectivity index (χ4v) is 2.89. The predicted molar refractivity (Wildman–Crippen MR) is 94.6 cm³/mol. The van der Waals surface area contributed by atoms with E-state index in [4.69, 9.17) is 4.74 Å². The van der Waals surface area contributed by atoms with Gasteiger partial charge in [0.15, 0.2) is 0 Å². The number of hydrogen-bond acceptors (Lipinski definition) is 4. The fourth-order valence-electron chi connectivity index (χ4n) is 2.29. The van der Waals surface area contributed by atoms with Crippen LogP contribution in [0.4, 0.5) is 4.39 Å². The quantitative estimate of drug-likeness (QED) is 0.688. The van der Waals surface area contributed by atoms with Gasteiger partial charge in [-0.2, -0.15) is 0 Å². The predicted octanol–water partition coefficient (Wildman–Crippen LogP) is 4.46. The average Bonchev–Trinajstić information content (AvgIpc) is 3.01. The highest BCUT2D eigenvalue weighted by molar-refractivity contribution is 7.09. The smallest absolute Gasteiger partial charge is 0.131 e. The zero-order valence-corrected chi connectivity index (χ0v) is 14.3. The SMILES string of the molecule is Cc1nc(COc2ccc(CNCc3ccc(F)cc3)cc2)cs1. The van der Waals surface area contributed by atoms with Crippen LogP contribution in [0.1, 0.15) is 21.8 Å². The summed E-state index contributed by atoms with van der Waals surface area (Å²) in [4.78, 5) is 4.38. The molecular formula is C19H19FN2OS. The minimum atomic E-state index is -0.206. The van der Waals surface area contributed by atoms with Gasteiger partial charge in [-0.15, -0.1) is 11.3 Å². The Bertz CT molecular complexity index is 769. The summed E-state index contributed by atoms with van der Waals surface area (Å²) >= 11 is 1.63. The first-order chi connectivity index (χ1) is 11.7. The lowest BCUT2D eigenvalue weighted by Crippen LogP contribution is -2.12. The molecule has 0 spiro atoms. The molecule has 0 amide bonds. The van der Waals surface area contributed by atoms with Crippen molar-refractivity contribution in [3.05, 3.63) is 81.6 Å². The molecule has 0 atom stereocenters. The molecule has 1 N–H and O–H groups in total. The number of thiazole rings is 1. The van der Waals surface area contributed by atoms with Gasteiger partial charge in [-0.1, -0.05) is 24.3 Å². The van der Waals surface area contributed by atoms with Gasteiger partial charge in [-0.3, -0.25) is 0 Å². The molecule has 2 aromatic carbocycles. The highest BCUT2D eigenvalue weighted by Gasteiger charge is 2.01. The monoisotopic (exact) mass is 342 g/mol. The number of benzene rings is 2. The van der Waals surface area contributed by atoms with Crippen LogP contribution in [0.3, 0.4) is 0 Å². The summed E-state index contributed by atoms with van der Waals surface area (Å²) in [5.74, 6) is 0.630. The third kappa shape index (κ3) is 4.88. The third-order valence-electron chi connectivity index (χ3n) is 3.55. The molecule has 24 heavy (non-hydrogen) atoms. The van der Waals surface area contributed by atoms with E-state index in [0.717, 1.165) is 28.6 Å². The van der Waals surface area contributed by atoms with Crippen LogP contribution in [-0.2, 0) is 19.7 Å². The Kier molecular flexibility index (Phi) is 5.56. The van der Waals surface area contributed by atoms with E-state index in [9.17, 15) is 4.39 Å². The van der Waals surface area contributed by atoms with E-state index in [-0.39, 0.29) is 5.82 Å². The number of ether oxygens (including phenoxy) is 1. The van der Waals surface area contributed by atoms with E-state index in [1.807, 2.05) is 36.6 Å². The summed E-state index contributed by atoms with van der Waals surface area (Å²) < 4.78 is 18.6. The summed E-state index contributed by atoms with van der Waals surface area (Å²) in [5, 5.41) is 6.41. The lowest BCUT2D eigenvalue weighted by atomic mass is 10.2. The van der Waals surface area contributed by atoms with Gasteiger partial charge in [0.25, 0.3) is 0 Å². The van der Waals surface area contributed by atoms with Crippen LogP contribution in [-0.4, -0.2) is 4.98 Å². The van der Waals surface area contributed by atoms with Gasteiger partial charge in [0.05, 0.1) is 10.7 Å². The lowest BCUT2D eigenvalue weighted by Gasteiger charge is -2.07. The first-order valence-electron chi connectivity index (χ1n) is 7.77. The first-order valence-corrected chi connectivity index (χ1v) is 8.65. The lowest BCUT2D eigenvalue weighted by molar-refractivity contribution is 0.302. The standard InChI is InChI=1S/C19H19FN2OS/c1-14-22-18(13-24-14)12-23-19-8-4-16(5-9-19)11-21-10-15-2-6-17(20)7-3-15/h2-9,13,21H,10-12H2,1H3. The molecule has 0 unspecified atom stereocenters. The molecular weight excluding hydrogens is 323 g/mol. The molecule has 0 radical (unpaired) electrons. The van der Waals surface area contributed by atoms with Crippen molar-refractivity contribution >= 4 is 11.3 Å². The van der Waals surface area contributed by atoms with Gasteiger partial charge in [0.2, 0.25) is 0 Å². The molecule has 0 aliphatic carbocycles. The molecule has 124 valence electrons. The van der Waals surface area contributed by atoms with E-state index in [2.05, 4.69) is 10.3 Å². The van der Waals surface area contributed by atoms with Gasteiger partial charge in [0.1, 0.15) is 18.2 Å². The second kappa shape index (κ2) is 8.04. The Morgan fingerprint density at radius 1 is 1.00 bits per heavy atom.